The lowest BCUT2D eigenvalue weighted by Crippen LogP contribution is -2.48. The number of benzene rings is 1. The van der Waals surface area contributed by atoms with Gasteiger partial charge in [0.1, 0.15) is 5.75 Å². The van der Waals surface area contributed by atoms with Crippen LogP contribution in [0.5, 0.6) is 5.75 Å². The Bertz CT molecular complexity index is 1050. The van der Waals surface area contributed by atoms with E-state index in [-0.39, 0.29) is 23.1 Å². The number of pyridine rings is 1. The second-order valence-corrected chi connectivity index (χ2v) is 10.9. The first-order valence-corrected chi connectivity index (χ1v) is 13.7. The molecule has 3 rings (SSSR count). The summed E-state index contributed by atoms with van der Waals surface area (Å²) in [7, 11) is -1.37. The molecule has 1 aliphatic rings. The quantitative estimate of drug-likeness (QED) is 0.458. The Morgan fingerprint density at radius 3 is 2.54 bits per heavy atom. The number of nitrogens with one attached hydrogen (secondary N) is 1. The number of rotatable bonds is 11. The average molecular weight is 505 g/mol. The number of amides is 1. The maximum Gasteiger partial charge on any atom is 0.221 e. The topological polar surface area (TPSA) is 121 Å². The third-order valence-corrected chi connectivity index (χ3v) is 6.98. The Balaban J connectivity index is 1.32. The standard InChI is InChI=1S/C25H34N3O6S/c1-18-15-21(16-25(30)34-18)28(2)13-11-23(29)26-12-4-14-33-22-8-5-19(6-9-22)20-7-10-24(27-17-20)35(3,31)32/h5-10,17-18,21,25H,4,11-16H2,1-3H3,(H,26,29)/q-1/t18-,21+,25-/m1/s1. The molecule has 1 amide bonds. The summed E-state index contributed by atoms with van der Waals surface area (Å²) in [5.74, 6) is 0.695. The third-order valence-electron chi connectivity index (χ3n) is 5.98. The lowest BCUT2D eigenvalue weighted by Gasteiger charge is -2.41. The Labute approximate surface area is 207 Å². The van der Waals surface area contributed by atoms with E-state index in [0.29, 0.717) is 44.7 Å². The summed E-state index contributed by atoms with van der Waals surface area (Å²) in [5.41, 5.74) is 1.72. The minimum atomic E-state index is -3.32. The number of aromatic nitrogens is 1. The summed E-state index contributed by atoms with van der Waals surface area (Å²) < 4.78 is 34.1. The molecule has 0 radical (unpaired) electrons. The Hall–Kier alpha value is -2.53. The van der Waals surface area contributed by atoms with E-state index in [1.54, 1.807) is 6.07 Å². The first kappa shape index (κ1) is 27.1. The van der Waals surface area contributed by atoms with Crippen molar-refractivity contribution in [2.24, 2.45) is 0 Å². The minimum Gasteiger partial charge on any atom is -0.831 e. The van der Waals surface area contributed by atoms with Crippen LogP contribution in [0.4, 0.5) is 0 Å². The molecule has 3 atom stereocenters. The van der Waals surface area contributed by atoms with Crippen molar-refractivity contribution in [3.63, 3.8) is 0 Å². The molecule has 192 valence electrons. The summed E-state index contributed by atoms with van der Waals surface area (Å²) in [6.45, 7) is 3.50. The van der Waals surface area contributed by atoms with Crippen LogP contribution in [0.25, 0.3) is 11.1 Å². The SMILES string of the molecule is C[C@@H]1C[C@H](N(C)CCC(=O)NCCCOc2ccc(-c3ccc(S(C)(=O)=O)nc3)cc2)C[C@H]([O-])O1. The summed E-state index contributed by atoms with van der Waals surface area (Å²) in [5, 5.41) is 14.6. The van der Waals surface area contributed by atoms with Gasteiger partial charge in [-0.1, -0.05) is 12.1 Å². The lowest BCUT2D eigenvalue weighted by molar-refractivity contribution is -0.506. The van der Waals surface area contributed by atoms with E-state index in [9.17, 15) is 18.3 Å². The highest BCUT2D eigenvalue weighted by Gasteiger charge is 2.24. The molecule has 2 aromatic rings. The van der Waals surface area contributed by atoms with Crippen molar-refractivity contribution in [3.05, 3.63) is 42.6 Å². The van der Waals surface area contributed by atoms with E-state index >= 15 is 0 Å². The van der Waals surface area contributed by atoms with Gasteiger partial charge in [-0.2, -0.15) is 0 Å². The molecule has 0 spiro atoms. The molecule has 1 fully saturated rings. The van der Waals surface area contributed by atoms with Crippen LogP contribution in [0.1, 0.15) is 32.6 Å². The van der Waals surface area contributed by atoms with Crippen molar-refractivity contribution >= 4 is 15.7 Å². The van der Waals surface area contributed by atoms with Gasteiger partial charge in [0, 0.05) is 43.6 Å². The van der Waals surface area contributed by atoms with Gasteiger partial charge in [0.25, 0.3) is 0 Å². The molecule has 9 nitrogen and oxygen atoms in total. The lowest BCUT2D eigenvalue weighted by atomic mass is 10.0. The van der Waals surface area contributed by atoms with Gasteiger partial charge in [-0.25, -0.2) is 13.4 Å². The zero-order chi connectivity index (χ0) is 25.4. The van der Waals surface area contributed by atoms with E-state index < -0.39 is 16.1 Å². The number of hydrogen-bond acceptors (Lipinski definition) is 8. The van der Waals surface area contributed by atoms with Crippen molar-refractivity contribution in [2.75, 3.05) is 33.0 Å². The second kappa shape index (κ2) is 12.4. The number of carbonyl (C=O) groups excluding carboxylic acids is 1. The van der Waals surface area contributed by atoms with Crippen molar-refractivity contribution in [2.45, 2.75) is 56.1 Å². The van der Waals surface area contributed by atoms with E-state index in [1.165, 1.54) is 12.3 Å². The van der Waals surface area contributed by atoms with E-state index in [1.807, 2.05) is 38.2 Å². The third kappa shape index (κ3) is 8.57. The van der Waals surface area contributed by atoms with Crippen molar-refractivity contribution in [3.8, 4) is 16.9 Å². The molecule has 0 saturated carbocycles. The number of ether oxygens (including phenoxy) is 2. The van der Waals surface area contributed by atoms with Crippen LogP contribution in [-0.4, -0.2) is 75.6 Å². The minimum absolute atomic E-state index is 0.0181. The Morgan fingerprint density at radius 1 is 1.20 bits per heavy atom. The summed E-state index contributed by atoms with van der Waals surface area (Å²) in [6.07, 6.45) is 3.95. The predicted molar refractivity (Wildman–Crippen MR) is 131 cm³/mol. The molecule has 2 heterocycles. The maximum absolute atomic E-state index is 12.1. The van der Waals surface area contributed by atoms with Gasteiger partial charge >= 0.3 is 0 Å². The summed E-state index contributed by atoms with van der Waals surface area (Å²) >= 11 is 0. The first-order chi connectivity index (χ1) is 16.6. The highest BCUT2D eigenvalue weighted by molar-refractivity contribution is 7.90. The first-order valence-electron chi connectivity index (χ1n) is 11.8. The highest BCUT2D eigenvalue weighted by Crippen LogP contribution is 2.23. The number of sulfone groups is 1. The Morgan fingerprint density at radius 2 is 1.91 bits per heavy atom. The van der Waals surface area contributed by atoms with Gasteiger partial charge in [-0.3, -0.25) is 4.79 Å². The van der Waals surface area contributed by atoms with Crippen LogP contribution in [0, 0.1) is 0 Å². The van der Waals surface area contributed by atoms with Gasteiger partial charge in [-0.15, -0.1) is 0 Å². The van der Waals surface area contributed by atoms with Crippen LogP contribution < -0.4 is 15.2 Å². The highest BCUT2D eigenvalue weighted by atomic mass is 32.2. The van der Waals surface area contributed by atoms with Crippen LogP contribution >= 0.6 is 0 Å². The van der Waals surface area contributed by atoms with E-state index in [4.69, 9.17) is 9.47 Å². The number of hydrogen-bond donors (Lipinski definition) is 1. The molecule has 0 unspecified atom stereocenters. The monoisotopic (exact) mass is 504 g/mol. The fraction of sp³-hybridized carbons (Fsp3) is 0.520. The van der Waals surface area contributed by atoms with E-state index in [2.05, 4.69) is 15.2 Å². The number of nitrogens with zero attached hydrogens (tertiary/aromatic N) is 2. The maximum atomic E-state index is 12.1. The van der Waals surface area contributed by atoms with Crippen LogP contribution in [-0.2, 0) is 19.4 Å². The molecular weight excluding hydrogens is 470 g/mol. The van der Waals surface area contributed by atoms with Crippen molar-refractivity contribution in [1.82, 2.24) is 15.2 Å². The predicted octanol–water partition coefficient (Wildman–Crippen LogP) is 1.61. The second-order valence-electron chi connectivity index (χ2n) is 8.97. The normalized spacial score (nSPS) is 20.5. The molecule has 35 heavy (non-hydrogen) atoms. The molecule has 0 bridgehead atoms. The van der Waals surface area contributed by atoms with Gasteiger partial charge in [0.15, 0.2) is 14.9 Å². The molecular formula is C25H34N3O6S-. The molecule has 1 aliphatic heterocycles. The fourth-order valence-corrected chi connectivity index (χ4v) is 4.54. The van der Waals surface area contributed by atoms with E-state index in [0.717, 1.165) is 23.8 Å². The average Bonchev–Trinajstić information content (AvgIpc) is 2.81. The molecule has 1 aromatic heterocycles. The number of carbonyl (C=O) groups is 1. The fourth-order valence-electron chi connectivity index (χ4n) is 3.98. The van der Waals surface area contributed by atoms with Crippen LogP contribution in [0.2, 0.25) is 0 Å². The Kier molecular flexibility index (Phi) is 9.62. The zero-order valence-electron chi connectivity index (χ0n) is 20.5. The smallest absolute Gasteiger partial charge is 0.221 e. The van der Waals surface area contributed by atoms with Gasteiger partial charge in [-0.05, 0) is 69.4 Å². The zero-order valence-corrected chi connectivity index (χ0v) is 21.3. The van der Waals surface area contributed by atoms with Crippen molar-refractivity contribution in [1.29, 1.82) is 0 Å². The molecule has 1 saturated heterocycles. The largest absolute Gasteiger partial charge is 0.831 e. The molecule has 0 aliphatic carbocycles. The molecule has 10 heteroatoms. The van der Waals surface area contributed by atoms with Gasteiger partial charge < -0.3 is 24.8 Å². The summed E-state index contributed by atoms with van der Waals surface area (Å²) in [6, 6.07) is 10.8. The van der Waals surface area contributed by atoms with Crippen LogP contribution in [0.15, 0.2) is 47.6 Å². The molecule has 1 aromatic carbocycles. The van der Waals surface area contributed by atoms with Crippen LogP contribution in [0.3, 0.4) is 0 Å². The van der Waals surface area contributed by atoms with Gasteiger partial charge in [0.05, 0.1) is 12.7 Å². The molecule has 1 N–H and O–H groups in total. The summed E-state index contributed by atoms with van der Waals surface area (Å²) in [4.78, 5) is 18.2. The van der Waals surface area contributed by atoms with Gasteiger partial charge in [0.2, 0.25) is 5.91 Å². The van der Waals surface area contributed by atoms with Crippen molar-refractivity contribution < 1.29 is 27.8 Å².